The van der Waals surface area contributed by atoms with Gasteiger partial charge in [-0.15, -0.1) is 0 Å². The Labute approximate surface area is 145 Å². The largest absolute Gasteiger partial charge is 0.356 e. The average molecular weight is 355 g/mol. The minimum absolute atomic E-state index is 0.342. The highest BCUT2D eigenvalue weighted by atomic mass is 35.5. The first-order chi connectivity index (χ1) is 11.4. The number of aromatic nitrogens is 1. The normalized spacial score (nSPS) is 11.7. The molecule has 0 fully saturated rings. The zero-order chi connectivity index (χ0) is 17.7. The smallest absolute Gasteiger partial charge is 0.193 e. The van der Waals surface area contributed by atoms with Crippen molar-refractivity contribution in [3.63, 3.8) is 0 Å². The Morgan fingerprint density at radius 3 is 2.71 bits per heavy atom. The lowest BCUT2D eigenvalue weighted by Gasteiger charge is -2.22. The van der Waals surface area contributed by atoms with Crippen LogP contribution in [0.5, 0.6) is 0 Å². The van der Waals surface area contributed by atoms with Gasteiger partial charge in [-0.2, -0.15) is 0 Å². The second kappa shape index (κ2) is 8.15. The van der Waals surface area contributed by atoms with Crippen LogP contribution in [0.15, 0.2) is 35.5 Å². The van der Waals surface area contributed by atoms with Crippen LogP contribution < -0.4 is 5.32 Å². The van der Waals surface area contributed by atoms with Crippen molar-refractivity contribution in [1.82, 2.24) is 14.8 Å². The predicted octanol–water partition coefficient (Wildman–Crippen LogP) is 3.21. The first-order valence-corrected chi connectivity index (χ1v) is 7.95. The highest BCUT2D eigenvalue weighted by molar-refractivity contribution is 6.30. The van der Waals surface area contributed by atoms with Crippen molar-refractivity contribution in [2.75, 3.05) is 20.6 Å². The summed E-state index contributed by atoms with van der Waals surface area (Å²) in [6, 6.07) is 5.37. The summed E-state index contributed by atoms with van der Waals surface area (Å²) in [5.41, 5.74) is 1.39. The van der Waals surface area contributed by atoms with Crippen LogP contribution in [0.4, 0.5) is 8.78 Å². The summed E-state index contributed by atoms with van der Waals surface area (Å²) in [4.78, 5) is 6.15. The lowest BCUT2D eigenvalue weighted by molar-refractivity contribution is 0.462. The highest BCUT2D eigenvalue weighted by Crippen LogP contribution is 2.14. The Kier molecular flexibility index (Phi) is 6.20. The topological polar surface area (TPSA) is 32.6 Å². The molecule has 0 atom stereocenters. The predicted molar refractivity (Wildman–Crippen MR) is 93.3 cm³/mol. The van der Waals surface area contributed by atoms with Gasteiger partial charge in [0.25, 0.3) is 0 Å². The molecule has 2 rings (SSSR count). The van der Waals surface area contributed by atoms with Crippen molar-refractivity contribution >= 4 is 17.6 Å². The number of hydrogen-bond acceptors (Lipinski definition) is 1. The van der Waals surface area contributed by atoms with E-state index in [4.69, 9.17) is 11.6 Å². The summed E-state index contributed by atoms with van der Waals surface area (Å²) in [7, 11) is 5.51. The van der Waals surface area contributed by atoms with Crippen LogP contribution in [0.2, 0.25) is 5.02 Å². The third-order valence-corrected chi connectivity index (χ3v) is 3.94. The molecule has 4 nitrogen and oxygen atoms in total. The minimum atomic E-state index is -0.437. The molecule has 0 aliphatic rings. The first-order valence-electron chi connectivity index (χ1n) is 7.57. The van der Waals surface area contributed by atoms with E-state index in [1.54, 1.807) is 7.05 Å². The van der Waals surface area contributed by atoms with Crippen LogP contribution in [0.1, 0.15) is 11.3 Å². The van der Waals surface area contributed by atoms with Gasteiger partial charge in [-0.05, 0) is 36.2 Å². The minimum Gasteiger partial charge on any atom is -0.356 e. The summed E-state index contributed by atoms with van der Waals surface area (Å²) in [5.74, 6) is -0.169. The van der Waals surface area contributed by atoms with Crippen molar-refractivity contribution in [3.05, 3.63) is 58.4 Å². The molecule has 0 unspecified atom stereocenters. The van der Waals surface area contributed by atoms with Gasteiger partial charge in [-0.1, -0.05) is 11.6 Å². The number of hydrogen-bond donors (Lipinski definition) is 1. The van der Waals surface area contributed by atoms with Crippen molar-refractivity contribution in [2.24, 2.45) is 12.0 Å². The van der Waals surface area contributed by atoms with E-state index < -0.39 is 11.6 Å². The zero-order valence-corrected chi connectivity index (χ0v) is 14.7. The molecule has 0 saturated heterocycles. The Balaban J connectivity index is 1.92. The number of halogens is 3. The van der Waals surface area contributed by atoms with Crippen molar-refractivity contribution in [2.45, 2.75) is 13.0 Å². The SMILES string of the molecule is CN=C(NCCc1cc(F)ccc1F)N(C)Cc1cc(Cl)cn1C. The number of aryl methyl sites for hydroxylation is 1. The first kappa shape index (κ1) is 18.3. The molecule has 0 spiro atoms. The Bertz CT molecular complexity index is 727. The fraction of sp³-hybridized carbons (Fsp3) is 0.353. The second-order valence-corrected chi connectivity index (χ2v) is 6.01. The summed E-state index contributed by atoms with van der Waals surface area (Å²) in [6.45, 7) is 1.07. The van der Waals surface area contributed by atoms with Gasteiger partial charge in [0.2, 0.25) is 0 Å². The lowest BCUT2D eigenvalue weighted by atomic mass is 10.1. The molecular formula is C17H21ClF2N4. The third-order valence-electron chi connectivity index (χ3n) is 3.73. The molecule has 0 saturated carbocycles. The van der Waals surface area contributed by atoms with Gasteiger partial charge < -0.3 is 14.8 Å². The van der Waals surface area contributed by atoms with Crippen LogP contribution in [-0.2, 0) is 20.0 Å². The number of nitrogens with zero attached hydrogens (tertiary/aromatic N) is 3. The maximum Gasteiger partial charge on any atom is 0.193 e. The van der Waals surface area contributed by atoms with E-state index >= 15 is 0 Å². The summed E-state index contributed by atoms with van der Waals surface area (Å²) in [5, 5.41) is 3.84. The number of aliphatic imine (C=N–C) groups is 1. The van der Waals surface area contributed by atoms with E-state index in [9.17, 15) is 8.78 Å². The quantitative estimate of drug-likeness (QED) is 0.660. The van der Waals surface area contributed by atoms with Gasteiger partial charge >= 0.3 is 0 Å². The second-order valence-electron chi connectivity index (χ2n) is 5.58. The molecule has 2 aromatic rings. The Hall–Kier alpha value is -2.08. The molecule has 1 aromatic carbocycles. The number of guanidine groups is 1. The van der Waals surface area contributed by atoms with Crippen molar-refractivity contribution in [3.8, 4) is 0 Å². The van der Waals surface area contributed by atoms with Gasteiger partial charge in [-0.25, -0.2) is 8.78 Å². The molecule has 1 aromatic heterocycles. The van der Waals surface area contributed by atoms with Crippen molar-refractivity contribution in [1.29, 1.82) is 0 Å². The Morgan fingerprint density at radius 2 is 2.08 bits per heavy atom. The maximum atomic E-state index is 13.6. The molecule has 0 amide bonds. The Morgan fingerprint density at radius 1 is 1.33 bits per heavy atom. The molecule has 130 valence electrons. The fourth-order valence-electron chi connectivity index (χ4n) is 2.47. The van der Waals surface area contributed by atoms with Gasteiger partial charge in [0, 0.05) is 39.6 Å². The standard InChI is InChI=1S/C17H21ClF2N4/c1-21-17(24(3)11-15-9-13(18)10-23(15)2)22-7-6-12-8-14(19)4-5-16(12)20/h4-5,8-10H,6-7,11H2,1-3H3,(H,21,22). The molecular weight excluding hydrogens is 334 g/mol. The average Bonchev–Trinajstić information content (AvgIpc) is 2.84. The van der Waals surface area contributed by atoms with Crippen LogP contribution >= 0.6 is 11.6 Å². The number of benzene rings is 1. The third kappa shape index (κ3) is 4.71. The molecule has 0 aliphatic heterocycles. The molecule has 1 N–H and O–H groups in total. The van der Waals surface area contributed by atoms with Gasteiger partial charge in [0.15, 0.2) is 5.96 Å². The van der Waals surface area contributed by atoms with Gasteiger partial charge in [-0.3, -0.25) is 4.99 Å². The van der Waals surface area contributed by atoms with Crippen LogP contribution in [-0.4, -0.2) is 36.1 Å². The van der Waals surface area contributed by atoms with Crippen LogP contribution in [0.25, 0.3) is 0 Å². The highest BCUT2D eigenvalue weighted by Gasteiger charge is 2.10. The van der Waals surface area contributed by atoms with Crippen LogP contribution in [0.3, 0.4) is 0 Å². The van der Waals surface area contributed by atoms with E-state index in [1.807, 2.05) is 35.8 Å². The van der Waals surface area contributed by atoms with Gasteiger partial charge in [0.1, 0.15) is 11.6 Å². The van der Waals surface area contributed by atoms with E-state index in [1.165, 1.54) is 6.07 Å². The lowest BCUT2D eigenvalue weighted by Crippen LogP contribution is -2.39. The number of rotatable bonds is 5. The van der Waals surface area contributed by atoms with E-state index in [-0.39, 0.29) is 0 Å². The molecule has 7 heteroatoms. The molecule has 1 heterocycles. The molecule has 0 aliphatic carbocycles. The number of nitrogens with one attached hydrogen (secondary N) is 1. The van der Waals surface area contributed by atoms with Crippen molar-refractivity contribution < 1.29 is 8.78 Å². The molecule has 0 bridgehead atoms. The van der Waals surface area contributed by atoms with E-state index in [2.05, 4.69) is 10.3 Å². The summed E-state index contributed by atoms with van der Waals surface area (Å²) in [6.07, 6.45) is 2.21. The maximum absolute atomic E-state index is 13.6. The van der Waals surface area contributed by atoms with E-state index in [0.717, 1.165) is 17.8 Å². The monoisotopic (exact) mass is 354 g/mol. The fourth-order valence-corrected chi connectivity index (χ4v) is 2.74. The van der Waals surface area contributed by atoms with E-state index in [0.29, 0.717) is 36.1 Å². The van der Waals surface area contributed by atoms with Gasteiger partial charge in [0.05, 0.1) is 11.6 Å². The summed E-state index contributed by atoms with van der Waals surface area (Å²) >= 11 is 5.99. The summed E-state index contributed by atoms with van der Waals surface area (Å²) < 4.78 is 28.7. The molecule has 24 heavy (non-hydrogen) atoms. The zero-order valence-electron chi connectivity index (χ0n) is 14.0. The molecule has 0 radical (unpaired) electrons. The van der Waals surface area contributed by atoms with Crippen LogP contribution in [0, 0.1) is 11.6 Å².